The fourth-order valence-electron chi connectivity index (χ4n) is 4.46. The van der Waals surface area contributed by atoms with Crippen molar-refractivity contribution in [1.82, 2.24) is 9.97 Å². The highest BCUT2D eigenvalue weighted by Crippen LogP contribution is 2.35. The molecule has 4 aromatic rings. The zero-order valence-electron chi connectivity index (χ0n) is 21.3. The summed E-state index contributed by atoms with van der Waals surface area (Å²) in [5.74, 6) is 0.469. The van der Waals surface area contributed by atoms with E-state index in [-0.39, 0.29) is 11.5 Å². The molecule has 3 aromatic carbocycles. The summed E-state index contributed by atoms with van der Waals surface area (Å²) < 4.78 is 0. The third-order valence-electron chi connectivity index (χ3n) is 6.65. The summed E-state index contributed by atoms with van der Waals surface area (Å²) in [7, 11) is 0. The Labute approximate surface area is 220 Å². The maximum Gasteiger partial charge on any atom is 0.353 e. The summed E-state index contributed by atoms with van der Waals surface area (Å²) in [6.45, 7) is 6.96. The third kappa shape index (κ3) is 5.44. The second-order valence-corrected chi connectivity index (χ2v) is 9.05. The van der Waals surface area contributed by atoms with Crippen molar-refractivity contribution in [2.45, 2.75) is 13.8 Å². The molecule has 0 unspecified atom stereocenters. The van der Waals surface area contributed by atoms with E-state index in [1.807, 2.05) is 35.2 Å². The normalized spacial score (nSPS) is 13.6. The number of nitro groups is 1. The number of nitrogens with one attached hydrogen (secondary N) is 1. The SMILES string of the molecule is Cc1cccc(N2CCN(c3ncnc(Nc4ccc(N=Nc5ccccc5)cc4)c3[N+](=O)[O-])CC2)c1C. The zero-order chi connectivity index (χ0) is 26.5. The minimum atomic E-state index is -0.419. The van der Waals surface area contributed by atoms with Gasteiger partial charge in [0.1, 0.15) is 6.33 Å². The van der Waals surface area contributed by atoms with Crippen LogP contribution in [0.1, 0.15) is 11.1 Å². The van der Waals surface area contributed by atoms with Gasteiger partial charge in [-0.05, 0) is 67.4 Å². The number of hydrogen-bond donors (Lipinski definition) is 1. The summed E-state index contributed by atoms with van der Waals surface area (Å²) in [6.07, 6.45) is 1.37. The van der Waals surface area contributed by atoms with Gasteiger partial charge in [0.2, 0.25) is 11.6 Å². The molecule has 10 heteroatoms. The highest BCUT2D eigenvalue weighted by atomic mass is 16.6. The minimum Gasteiger partial charge on any atom is -0.368 e. The van der Waals surface area contributed by atoms with Crippen LogP contribution in [0.5, 0.6) is 0 Å². The van der Waals surface area contributed by atoms with Crippen LogP contribution in [0.2, 0.25) is 0 Å². The second-order valence-electron chi connectivity index (χ2n) is 9.05. The van der Waals surface area contributed by atoms with Crippen LogP contribution in [-0.2, 0) is 0 Å². The first-order valence-corrected chi connectivity index (χ1v) is 12.4. The van der Waals surface area contributed by atoms with Gasteiger partial charge in [0.05, 0.1) is 16.3 Å². The van der Waals surface area contributed by atoms with Crippen LogP contribution in [0.25, 0.3) is 0 Å². The van der Waals surface area contributed by atoms with Gasteiger partial charge in [-0.2, -0.15) is 10.2 Å². The van der Waals surface area contributed by atoms with Gasteiger partial charge in [-0.1, -0.05) is 30.3 Å². The van der Waals surface area contributed by atoms with Crippen molar-refractivity contribution in [2.24, 2.45) is 10.2 Å². The van der Waals surface area contributed by atoms with Crippen molar-refractivity contribution < 1.29 is 4.92 Å². The highest BCUT2D eigenvalue weighted by Gasteiger charge is 2.29. The van der Waals surface area contributed by atoms with Crippen molar-refractivity contribution in [3.63, 3.8) is 0 Å². The Morgan fingerprint density at radius 2 is 1.47 bits per heavy atom. The minimum absolute atomic E-state index is 0.138. The van der Waals surface area contributed by atoms with Crippen molar-refractivity contribution in [1.29, 1.82) is 0 Å². The molecule has 38 heavy (non-hydrogen) atoms. The van der Waals surface area contributed by atoms with Gasteiger partial charge < -0.3 is 15.1 Å². The predicted molar refractivity (Wildman–Crippen MR) is 149 cm³/mol. The van der Waals surface area contributed by atoms with Gasteiger partial charge >= 0.3 is 5.69 Å². The summed E-state index contributed by atoms with van der Waals surface area (Å²) in [5.41, 5.74) is 5.65. The van der Waals surface area contributed by atoms with E-state index in [1.165, 1.54) is 23.1 Å². The topological polar surface area (TPSA) is 112 Å². The zero-order valence-corrected chi connectivity index (χ0v) is 21.3. The summed E-state index contributed by atoms with van der Waals surface area (Å²) >= 11 is 0. The number of rotatable bonds is 7. The average molecular weight is 509 g/mol. The molecule has 0 radical (unpaired) electrons. The number of benzene rings is 3. The van der Waals surface area contributed by atoms with Crippen molar-refractivity contribution >= 4 is 40.1 Å². The number of anilines is 4. The lowest BCUT2D eigenvalue weighted by atomic mass is 10.1. The number of aromatic nitrogens is 2. The van der Waals surface area contributed by atoms with Gasteiger partial charge in [-0.3, -0.25) is 10.1 Å². The Bertz CT molecular complexity index is 1450. The molecule has 1 N–H and O–H groups in total. The molecule has 0 aliphatic carbocycles. The lowest BCUT2D eigenvalue weighted by molar-refractivity contribution is -0.383. The summed E-state index contributed by atoms with van der Waals surface area (Å²) in [5, 5.41) is 23.7. The van der Waals surface area contributed by atoms with Crippen LogP contribution in [0.3, 0.4) is 0 Å². The molecular formula is C28H28N8O2. The molecule has 10 nitrogen and oxygen atoms in total. The van der Waals surface area contributed by atoms with Crippen molar-refractivity contribution in [3.05, 3.63) is 100 Å². The van der Waals surface area contributed by atoms with Gasteiger partial charge in [0.25, 0.3) is 0 Å². The molecule has 0 atom stereocenters. The Morgan fingerprint density at radius 3 is 2.16 bits per heavy atom. The van der Waals surface area contributed by atoms with E-state index in [1.54, 1.807) is 24.3 Å². The Morgan fingerprint density at radius 1 is 0.816 bits per heavy atom. The number of piperazine rings is 1. The molecule has 0 bridgehead atoms. The number of nitrogens with zero attached hydrogens (tertiary/aromatic N) is 7. The standard InChI is InChI=1S/C28H28N8O2/c1-20-7-6-10-25(21(20)2)34-15-17-35(18-16-34)28-26(36(37)38)27(29-19-30-28)31-22-11-13-24(14-12-22)33-32-23-8-4-3-5-9-23/h3-14,19H,15-18H2,1-2H3,(H,29,30,31). The number of hydrogen-bond acceptors (Lipinski definition) is 9. The highest BCUT2D eigenvalue weighted by molar-refractivity contribution is 5.75. The predicted octanol–water partition coefficient (Wildman–Crippen LogP) is 6.49. The largest absolute Gasteiger partial charge is 0.368 e. The molecule has 5 rings (SSSR count). The molecule has 1 aliphatic rings. The van der Waals surface area contributed by atoms with Crippen LogP contribution in [-0.4, -0.2) is 41.1 Å². The first kappa shape index (κ1) is 24.8. The Hall–Kier alpha value is -4.86. The lowest BCUT2D eigenvalue weighted by Crippen LogP contribution is -2.47. The first-order valence-electron chi connectivity index (χ1n) is 12.4. The third-order valence-corrected chi connectivity index (χ3v) is 6.65. The molecule has 1 fully saturated rings. The van der Waals surface area contributed by atoms with E-state index in [0.717, 1.165) is 18.8 Å². The van der Waals surface area contributed by atoms with Crippen LogP contribution >= 0.6 is 0 Å². The van der Waals surface area contributed by atoms with Gasteiger partial charge in [0, 0.05) is 37.6 Å². The second kappa shape index (κ2) is 11.0. The maximum atomic E-state index is 12.1. The summed E-state index contributed by atoms with van der Waals surface area (Å²) in [6, 6.07) is 22.9. The van der Waals surface area contributed by atoms with E-state index in [9.17, 15) is 10.1 Å². The molecule has 1 aromatic heterocycles. The van der Waals surface area contributed by atoms with E-state index in [0.29, 0.717) is 30.3 Å². The van der Waals surface area contributed by atoms with E-state index in [2.05, 4.69) is 62.5 Å². The van der Waals surface area contributed by atoms with Crippen LogP contribution in [0.4, 0.5) is 40.1 Å². The lowest BCUT2D eigenvalue weighted by Gasteiger charge is -2.37. The van der Waals surface area contributed by atoms with Crippen LogP contribution in [0, 0.1) is 24.0 Å². The average Bonchev–Trinajstić information content (AvgIpc) is 2.94. The molecular weight excluding hydrogens is 480 g/mol. The molecule has 2 heterocycles. The fraction of sp³-hybridized carbons (Fsp3) is 0.214. The Kier molecular flexibility index (Phi) is 7.21. The van der Waals surface area contributed by atoms with Crippen LogP contribution < -0.4 is 15.1 Å². The maximum absolute atomic E-state index is 12.1. The number of aryl methyl sites for hydroxylation is 1. The quantitative estimate of drug-likeness (QED) is 0.172. The van der Waals surface area contributed by atoms with Gasteiger partial charge in [-0.25, -0.2) is 9.97 Å². The fourth-order valence-corrected chi connectivity index (χ4v) is 4.46. The van der Waals surface area contributed by atoms with Gasteiger partial charge in [-0.15, -0.1) is 0 Å². The molecule has 1 saturated heterocycles. The number of azo groups is 1. The van der Waals surface area contributed by atoms with E-state index < -0.39 is 4.92 Å². The Balaban J connectivity index is 1.31. The molecule has 0 spiro atoms. The van der Waals surface area contributed by atoms with E-state index in [4.69, 9.17) is 0 Å². The van der Waals surface area contributed by atoms with Crippen molar-refractivity contribution in [3.8, 4) is 0 Å². The molecule has 0 amide bonds. The van der Waals surface area contributed by atoms with E-state index >= 15 is 0 Å². The molecule has 1 aliphatic heterocycles. The molecule has 192 valence electrons. The molecule has 0 saturated carbocycles. The van der Waals surface area contributed by atoms with Crippen LogP contribution in [0.15, 0.2) is 89.4 Å². The van der Waals surface area contributed by atoms with Gasteiger partial charge in [0.15, 0.2) is 0 Å². The summed E-state index contributed by atoms with van der Waals surface area (Å²) in [4.78, 5) is 24.5. The monoisotopic (exact) mass is 508 g/mol. The van der Waals surface area contributed by atoms with Crippen molar-refractivity contribution in [2.75, 3.05) is 41.3 Å². The smallest absolute Gasteiger partial charge is 0.353 e. The first-order chi connectivity index (χ1) is 18.5.